The van der Waals surface area contributed by atoms with Crippen molar-refractivity contribution in [2.45, 2.75) is 28.6 Å². The molecule has 4 N–H and O–H groups in total. The molecule has 0 bridgehead atoms. The number of amides is 2. The lowest BCUT2D eigenvalue weighted by atomic mass is 10.1. The highest BCUT2D eigenvalue weighted by atomic mass is 32.2. The Morgan fingerprint density at radius 2 is 1.81 bits per heavy atom. The van der Waals surface area contributed by atoms with Crippen LogP contribution < -0.4 is 15.8 Å². The van der Waals surface area contributed by atoms with E-state index in [0.29, 0.717) is 17.1 Å². The van der Waals surface area contributed by atoms with Crippen molar-refractivity contribution < 1.29 is 27.9 Å². The molecule has 0 atom stereocenters. The highest BCUT2D eigenvalue weighted by Crippen LogP contribution is 2.35. The number of nitrogens with two attached hydrogens (primary N) is 1. The number of hydrogen-bond acceptors (Lipinski definition) is 7. The van der Waals surface area contributed by atoms with Crippen LogP contribution in [0.2, 0.25) is 0 Å². The minimum absolute atomic E-state index is 0.00376. The molecule has 2 aromatic rings. The van der Waals surface area contributed by atoms with Crippen LogP contribution in [0.25, 0.3) is 0 Å². The normalized spacial score (nSPS) is 11.8. The third kappa shape index (κ3) is 4.03. The van der Waals surface area contributed by atoms with Gasteiger partial charge in [-0.15, -0.1) is 11.3 Å². The predicted octanol–water partition coefficient (Wildman–Crippen LogP) is 1.40. The molecule has 1 heterocycles. The number of ether oxygens (including phenoxy) is 1. The molecular formula is C16H18N2O6S2. The Balaban J connectivity index is 2.47. The number of nitrogens with one attached hydrogen (secondary N) is 1. The predicted molar refractivity (Wildman–Crippen MR) is 96.2 cm³/mol. The molecule has 1 aromatic carbocycles. The maximum absolute atomic E-state index is 12.8. The molecule has 0 radical (unpaired) electrons. The molecule has 0 saturated carbocycles. The average Bonchev–Trinajstić information content (AvgIpc) is 2.99. The van der Waals surface area contributed by atoms with E-state index in [9.17, 15) is 23.1 Å². The van der Waals surface area contributed by atoms with E-state index in [1.165, 1.54) is 45.2 Å². The summed E-state index contributed by atoms with van der Waals surface area (Å²) in [6, 6.07) is 6.82. The van der Waals surface area contributed by atoms with Gasteiger partial charge in [-0.05, 0) is 44.2 Å². The number of hydrogen-bond donors (Lipinski definition) is 3. The van der Waals surface area contributed by atoms with E-state index in [4.69, 9.17) is 10.5 Å². The maximum atomic E-state index is 12.8. The number of aliphatic hydroxyl groups is 1. The smallest absolute Gasteiger partial charge is 0.256 e. The van der Waals surface area contributed by atoms with Crippen molar-refractivity contribution in [3.8, 4) is 5.75 Å². The zero-order chi connectivity index (χ0) is 19.7. The van der Waals surface area contributed by atoms with Crippen molar-refractivity contribution in [1.82, 2.24) is 0 Å². The van der Waals surface area contributed by atoms with Crippen molar-refractivity contribution in [3.05, 3.63) is 35.9 Å². The van der Waals surface area contributed by atoms with Gasteiger partial charge in [-0.1, -0.05) is 0 Å². The van der Waals surface area contributed by atoms with Crippen molar-refractivity contribution in [2.24, 2.45) is 5.73 Å². The van der Waals surface area contributed by atoms with Gasteiger partial charge in [-0.2, -0.15) is 0 Å². The third-order valence-electron chi connectivity index (χ3n) is 3.39. The van der Waals surface area contributed by atoms with E-state index < -0.39 is 27.3 Å². The van der Waals surface area contributed by atoms with Crippen LogP contribution in [0.15, 0.2) is 39.4 Å². The SMILES string of the molecule is COc1ccc(S(=O)(=O)c2cc(C(N)=O)c(NC(=O)C(C)(C)O)s2)cc1. The monoisotopic (exact) mass is 398 g/mol. The van der Waals surface area contributed by atoms with Gasteiger partial charge in [0.05, 0.1) is 17.6 Å². The average molecular weight is 398 g/mol. The highest BCUT2D eigenvalue weighted by Gasteiger charge is 2.29. The van der Waals surface area contributed by atoms with Crippen LogP contribution >= 0.6 is 11.3 Å². The third-order valence-corrected chi connectivity index (χ3v) is 6.69. The van der Waals surface area contributed by atoms with Crippen LogP contribution in [0, 0.1) is 0 Å². The van der Waals surface area contributed by atoms with Gasteiger partial charge in [0.2, 0.25) is 9.84 Å². The first-order valence-electron chi connectivity index (χ1n) is 7.33. The fourth-order valence-corrected chi connectivity index (χ4v) is 4.67. The molecule has 0 aliphatic carbocycles. The van der Waals surface area contributed by atoms with Gasteiger partial charge in [0.1, 0.15) is 20.6 Å². The largest absolute Gasteiger partial charge is 0.497 e. The quantitative estimate of drug-likeness (QED) is 0.673. The summed E-state index contributed by atoms with van der Waals surface area (Å²) in [6.45, 7) is 2.52. The molecule has 0 aliphatic rings. The summed E-state index contributed by atoms with van der Waals surface area (Å²) in [5.41, 5.74) is 3.41. The van der Waals surface area contributed by atoms with E-state index in [1.54, 1.807) is 0 Å². The van der Waals surface area contributed by atoms with E-state index in [2.05, 4.69) is 5.32 Å². The van der Waals surface area contributed by atoms with Gasteiger partial charge in [0.25, 0.3) is 11.8 Å². The van der Waals surface area contributed by atoms with E-state index in [-0.39, 0.29) is 19.7 Å². The molecule has 26 heavy (non-hydrogen) atoms. The summed E-state index contributed by atoms with van der Waals surface area (Å²) in [4.78, 5) is 23.6. The Morgan fingerprint density at radius 1 is 1.23 bits per heavy atom. The molecule has 2 amide bonds. The lowest BCUT2D eigenvalue weighted by Crippen LogP contribution is -2.36. The van der Waals surface area contributed by atoms with E-state index in [0.717, 1.165) is 6.07 Å². The van der Waals surface area contributed by atoms with Crippen LogP contribution in [0.4, 0.5) is 5.00 Å². The number of primary amides is 1. The molecule has 0 unspecified atom stereocenters. The number of benzene rings is 1. The summed E-state index contributed by atoms with van der Waals surface area (Å²) in [6.07, 6.45) is 0. The zero-order valence-electron chi connectivity index (χ0n) is 14.3. The fourth-order valence-electron chi connectivity index (χ4n) is 1.90. The molecule has 8 nitrogen and oxygen atoms in total. The number of carbonyl (C=O) groups excluding carboxylic acids is 2. The first kappa shape index (κ1) is 19.9. The molecule has 0 aliphatic heterocycles. The van der Waals surface area contributed by atoms with Gasteiger partial charge in [-0.3, -0.25) is 9.59 Å². The Bertz CT molecular complexity index is 940. The second kappa shape index (κ2) is 7.06. The van der Waals surface area contributed by atoms with E-state index >= 15 is 0 Å². The second-order valence-electron chi connectivity index (χ2n) is 5.86. The molecule has 1 aromatic heterocycles. The van der Waals surface area contributed by atoms with Crippen molar-refractivity contribution >= 4 is 38.0 Å². The van der Waals surface area contributed by atoms with Crippen LogP contribution in [0.5, 0.6) is 5.75 Å². The van der Waals surface area contributed by atoms with Gasteiger partial charge in [0, 0.05) is 0 Å². The number of methoxy groups -OCH3 is 1. The van der Waals surface area contributed by atoms with Crippen LogP contribution in [-0.4, -0.2) is 38.0 Å². The number of thiophene rings is 1. The first-order valence-corrected chi connectivity index (χ1v) is 9.63. The zero-order valence-corrected chi connectivity index (χ0v) is 15.9. The number of rotatable bonds is 6. The Labute approximate surface area is 154 Å². The Kier molecular flexibility index (Phi) is 5.40. The summed E-state index contributed by atoms with van der Waals surface area (Å²) < 4.78 is 30.3. The van der Waals surface area contributed by atoms with Crippen molar-refractivity contribution in [1.29, 1.82) is 0 Å². The first-order chi connectivity index (χ1) is 12.0. The molecular weight excluding hydrogens is 380 g/mol. The summed E-state index contributed by atoms with van der Waals surface area (Å²) in [5.74, 6) is -1.20. The minimum Gasteiger partial charge on any atom is -0.497 e. The van der Waals surface area contributed by atoms with Crippen LogP contribution in [-0.2, 0) is 14.6 Å². The number of anilines is 1. The number of sulfone groups is 1. The molecule has 0 fully saturated rings. The van der Waals surface area contributed by atoms with Gasteiger partial charge < -0.3 is 20.9 Å². The summed E-state index contributed by atoms with van der Waals surface area (Å²) >= 11 is 0.681. The molecule has 0 spiro atoms. The van der Waals surface area contributed by atoms with Gasteiger partial charge in [0.15, 0.2) is 0 Å². The molecule has 140 valence electrons. The lowest BCUT2D eigenvalue weighted by molar-refractivity contribution is -0.130. The van der Waals surface area contributed by atoms with Crippen molar-refractivity contribution in [3.63, 3.8) is 0 Å². The van der Waals surface area contributed by atoms with Crippen LogP contribution in [0.1, 0.15) is 24.2 Å². The van der Waals surface area contributed by atoms with E-state index in [1.807, 2.05) is 0 Å². The van der Waals surface area contributed by atoms with Gasteiger partial charge >= 0.3 is 0 Å². The molecule has 2 rings (SSSR count). The maximum Gasteiger partial charge on any atom is 0.256 e. The second-order valence-corrected chi connectivity index (χ2v) is 9.09. The highest BCUT2D eigenvalue weighted by molar-refractivity contribution is 7.93. The Hall–Kier alpha value is -2.43. The van der Waals surface area contributed by atoms with Gasteiger partial charge in [-0.25, -0.2) is 8.42 Å². The molecule has 10 heteroatoms. The standard InChI is InChI=1S/C16H18N2O6S2/c1-16(2,21)15(20)18-14-11(13(17)19)8-12(25-14)26(22,23)10-6-4-9(24-3)5-7-10/h4-8,21H,1-3H3,(H2,17,19)(H,18,20). The topological polar surface area (TPSA) is 136 Å². The summed E-state index contributed by atoms with van der Waals surface area (Å²) in [5, 5.41) is 12.0. The lowest BCUT2D eigenvalue weighted by Gasteiger charge is -2.16. The minimum atomic E-state index is -3.93. The fraction of sp³-hybridized carbons (Fsp3) is 0.250. The molecule has 0 saturated heterocycles. The van der Waals surface area contributed by atoms with Crippen LogP contribution in [0.3, 0.4) is 0 Å². The Morgan fingerprint density at radius 3 is 2.27 bits per heavy atom. The summed E-state index contributed by atoms with van der Waals surface area (Å²) in [7, 11) is -2.47. The van der Waals surface area contributed by atoms with Crippen molar-refractivity contribution in [2.75, 3.05) is 12.4 Å². The number of carbonyl (C=O) groups is 2.